The molecule has 0 spiro atoms. The van der Waals surface area contributed by atoms with Gasteiger partial charge in [-0.25, -0.2) is 0 Å². The van der Waals surface area contributed by atoms with E-state index in [0.717, 1.165) is 22.5 Å². The second-order valence-electron chi connectivity index (χ2n) is 19.1. The molecule has 0 atom stereocenters. The highest BCUT2D eigenvalue weighted by Crippen LogP contribution is 2.46. The molecule has 0 aliphatic heterocycles. The van der Waals surface area contributed by atoms with Gasteiger partial charge in [-0.2, -0.15) is 0 Å². The van der Waals surface area contributed by atoms with Gasteiger partial charge in [0.15, 0.2) is 0 Å². The van der Waals surface area contributed by atoms with E-state index in [-0.39, 0.29) is 16.2 Å². The van der Waals surface area contributed by atoms with Crippen molar-refractivity contribution >= 4 is 65.6 Å². The van der Waals surface area contributed by atoms with Crippen LogP contribution < -0.4 is 0 Å². The molecule has 282 valence electrons. The van der Waals surface area contributed by atoms with Crippen LogP contribution in [0.5, 0.6) is 0 Å². The first-order valence-corrected chi connectivity index (χ1v) is 20.4. The maximum Gasteiger partial charge on any atom is 0.139 e. The minimum atomic E-state index is -0.160. The van der Waals surface area contributed by atoms with E-state index in [1.807, 2.05) is 0 Å². The molecule has 3 nitrogen and oxygen atoms in total. The van der Waals surface area contributed by atoms with Gasteiger partial charge in [0.25, 0.3) is 0 Å². The van der Waals surface area contributed by atoms with Gasteiger partial charge >= 0.3 is 0 Å². The highest BCUT2D eigenvalue weighted by molar-refractivity contribution is 6.29. The smallest absolute Gasteiger partial charge is 0.139 e. The van der Waals surface area contributed by atoms with Crippen molar-refractivity contribution in [2.75, 3.05) is 0 Å². The third kappa shape index (κ3) is 5.46. The molecule has 3 heteroatoms. The summed E-state index contributed by atoms with van der Waals surface area (Å²) in [6, 6.07) is 51.7. The quantitative estimate of drug-likeness (QED) is 0.177. The Kier molecular flexibility index (Phi) is 7.58. The van der Waals surface area contributed by atoms with Crippen LogP contribution in [-0.2, 0) is 16.2 Å². The molecule has 10 rings (SSSR count). The van der Waals surface area contributed by atoms with Crippen LogP contribution in [-0.4, -0.2) is 9.13 Å². The fraction of sp³-hybridized carbons (Fsp3) is 0.222. The number of fused-ring (bicyclic) bond motifs is 10. The lowest BCUT2D eigenvalue weighted by atomic mass is 9.79. The summed E-state index contributed by atoms with van der Waals surface area (Å²) in [5.74, 6) is 0. The molecule has 57 heavy (non-hydrogen) atoms. The summed E-state index contributed by atoms with van der Waals surface area (Å²) < 4.78 is 12.0. The van der Waals surface area contributed by atoms with Crippen molar-refractivity contribution in [2.45, 2.75) is 78.6 Å². The van der Waals surface area contributed by atoms with Crippen molar-refractivity contribution in [2.24, 2.45) is 0 Å². The lowest BCUT2D eigenvalue weighted by Gasteiger charge is -2.25. The number of rotatable bonds is 3. The Bertz CT molecular complexity index is 3200. The number of nitrogens with zero attached hydrogens (tertiary/aromatic N) is 2. The first-order valence-electron chi connectivity index (χ1n) is 20.4. The van der Waals surface area contributed by atoms with Gasteiger partial charge in [-0.05, 0) is 87.5 Å². The maximum absolute atomic E-state index is 7.05. The van der Waals surface area contributed by atoms with Crippen LogP contribution in [0.25, 0.3) is 88.1 Å². The van der Waals surface area contributed by atoms with E-state index in [4.69, 9.17) is 4.42 Å². The minimum Gasteiger partial charge on any atom is -0.455 e. The Morgan fingerprint density at radius 2 is 0.842 bits per heavy atom. The topological polar surface area (TPSA) is 23.0 Å². The normalized spacial score (nSPS) is 13.0. The number of hydrogen-bond donors (Lipinski definition) is 0. The predicted octanol–water partition coefficient (Wildman–Crippen LogP) is 15.3. The summed E-state index contributed by atoms with van der Waals surface area (Å²) in [6.45, 7) is 20.7. The van der Waals surface area contributed by atoms with Crippen LogP contribution in [0.1, 0.15) is 79.0 Å². The van der Waals surface area contributed by atoms with E-state index >= 15 is 0 Å². The number of para-hydroxylation sites is 2. The monoisotopic (exact) mass is 742 g/mol. The van der Waals surface area contributed by atoms with Gasteiger partial charge in [0.05, 0.1) is 22.1 Å². The van der Waals surface area contributed by atoms with Crippen molar-refractivity contribution in [1.82, 2.24) is 9.13 Å². The SMILES string of the molecule is CC(C)(C)c1cc(C(C)(C)C)c2oc3c(C(C)(C)C)cc(-n4c5ccccc5c5c6c7ccccc7n(-c7ccc(-c8ccccc8)cc7)c6ccc54)cc3c2c1. The maximum atomic E-state index is 7.05. The van der Waals surface area contributed by atoms with Crippen molar-refractivity contribution in [3.63, 3.8) is 0 Å². The highest BCUT2D eigenvalue weighted by Gasteiger charge is 2.29. The molecule has 0 saturated carbocycles. The highest BCUT2D eigenvalue weighted by atomic mass is 16.3. The molecular formula is C54H50N2O. The first-order chi connectivity index (χ1) is 27.2. The third-order valence-corrected chi connectivity index (χ3v) is 12.1. The van der Waals surface area contributed by atoms with Crippen molar-refractivity contribution < 1.29 is 4.42 Å². The Labute approximate surface area is 335 Å². The van der Waals surface area contributed by atoms with Gasteiger partial charge in [0.1, 0.15) is 11.2 Å². The molecular weight excluding hydrogens is 693 g/mol. The Morgan fingerprint density at radius 1 is 0.368 bits per heavy atom. The van der Waals surface area contributed by atoms with Gasteiger partial charge < -0.3 is 13.6 Å². The van der Waals surface area contributed by atoms with E-state index in [2.05, 4.69) is 211 Å². The molecule has 3 aromatic heterocycles. The zero-order valence-electron chi connectivity index (χ0n) is 34.6. The molecule has 0 aliphatic rings. The molecule has 0 fully saturated rings. The summed E-state index contributed by atoms with van der Waals surface area (Å²) in [5.41, 5.74) is 15.1. The van der Waals surface area contributed by atoms with Gasteiger partial charge in [-0.15, -0.1) is 0 Å². The Morgan fingerprint density at radius 3 is 1.39 bits per heavy atom. The predicted molar refractivity (Wildman–Crippen MR) is 244 cm³/mol. The van der Waals surface area contributed by atoms with Crippen LogP contribution in [0.3, 0.4) is 0 Å². The van der Waals surface area contributed by atoms with Crippen LogP contribution in [0.4, 0.5) is 0 Å². The molecule has 10 aromatic rings. The number of furan rings is 1. The van der Waals surface area contributed by atoms with Gasteiger partial charge in [-0.3, -0.25) is 0 Å². The zero-order chi connectivity index (χ0) is 39.6. The summed E-state index contributed by atoms with van der Waals surface area (Å²) in [4.78, 5) is 0. The van der Waals surface area contributed by atoms with Crippen molar-refractivity contribution in [3.8, 4) is 22.5 Å². The van der Waals surface area contributed by atoms with Gasteiger partial charge in [0.2, 0.25) is 0 Å². The molecule has 7 aromatic carbocycles. The third-order valence-electron chi connectivity index (χ3n) is 12.1. The molecule has 0 aliphatic carbocycles. The van der Waals surface area contributed by atoms with E-state index in [1.165, 1.54) is 82.2 Å². The fourth-order valence-electron chi connectivity index (χ4n) is 9.15. The zero-order valence-corrected chi connectivity index (χ0v) is 34.6. The minimum absolute atomic E-state index is 0.0103. The number of benzene rings is 7. The second kappa shape index (κ2) is 12.2. The molecule has 0 amide bonds. The average molecular weight is 743 g/mol. The van der Waals surface area contributed by atoms with Crippen molar-refractivity contribution in [1.29, 1.82) is 0 Å². The summed E-state index contributed by atoms with van der Waals surface area (Å²) in [6.07, 6.45) is 0. The standard InChI is InChI=1S/C54H50N2O/c1-52(2,3)35-29-40-41-31-37(32-43(54(7,8)9)51(41)57-50(40)42(30-35)53(4,5)6)56-45-22-16-14-20-39(45)49-47(56)28-27-46-48(49)38-19-13-15-21-44(38)55(46)36-25-23-34(24-26-36)33-17-11-10-12-18-33/h10-32H,1-9H3. The molecule has 0 N–H and O–H groups in total. The molecule has 0 radical (unpaired) electrons. The van der Waals surface area contributed by atoms with Crippen molar-refractivity contribution in [3.05, 3.63) is 156 Å². The van der Waals surface area contributed by atoms with E-state index in [0.29, 0.717) is 0 Å². The average Bonchev–Trinajstić information content (AvgIpc) is 3.84. The molecule has 0 unspecified atom stereocenters. The molecule has 0 saturated heterocycles. The summed E-state index contributed by atoms with van der Waals surface area (Å²) in [5, 5.41) is 7.43. The summed E-state index contributed by atoms with van der Waals surface area (Å²) >= 11 is 0. The van der Waals surface area contributed by atoms with Crippen LogP contribution in [0, 0.1) is 0 Å². The van der Waals surface area contributed by atoms with E-state index in [9.17, 15) is 0 Å². The largest absolute Gasteiger partial charge is 0.455 e. The summed E-state index contributed by atoms with van der Waals surface area (Å²) in [7, 11) is 0. The Hall–Kier alpha value is -6.06. The fourth-order valence-corrected chi connectivity index (χ4v) is 9.15. The van der Waals surface area contributed by atoms with Gasteiger partial charge in [-0.1, -0.05) is 147 Å². The first kappa shape index (κ1) is 35.4. The van der Waals surface area contributed by atoms with E-state index in [1.54, 1.807) is 0 Å². The van der Waals surface area contributed by atoms with Crippen LogP contribution in [0.2, 0.25) is 0 Å². The molecule has 3 heterocycles. The lowest BCUT2D eigenvalue weighted by molar-refractivity contribution is 0.550. The Balaban J connectivity index is 1.28. The molecule has 0 bridgehead atoms. The second-order valence-corrected chi connectivity index (χ2v) is 19.1. The van der Waals surface area contributed by atoms with Gasteiger partial charge in [0, 0.05) is 54.8 Å². The lowest BCUT2D eigenvalue weighted by Crippen LogP contribution is -2.16. The number of aromatic nitrogens is 2. The van der Waals surface area contributed by atoms with Crippen LogP contribution >= 0.6 is 0 Å². The van der Waals surface area contributed by atoms with E-state index < -0.39 is 0 Å². The van der Waals surface area contributed by atoms with Crippen LogP contribution in [0.15, 0.2) is 144 Å². The number of hydrogen-bond acceptors (Lipinski definition) is 1.